The number of hydrogen-bond acceptors (Lipinski definition) is 2. The van der Waals surface area contributed by atoms with Gasteiger partial charge in [-0.2, -0.15) is 0 Å². The smallest absolute Gasteiger partial charge is 0.233 e. The third kappa shape index (κ3) is 4.12. The van der Waals surface area contributed by atoms with E-state index >= 15 is 0 Å². The van der Waals surface area contributed by atoms with Crippen LogP contribution in [0.1, 0.15) is 47.0 Å². The van der Waals surface area contributed by atoms with E-state index in [0.29, 0.717) is 23.4 Å². The number of likely N-dealkylation sites (N-methyl/N-ethyl adjacent to an activating group) is 1. The predicted molar refractivity (Wildman–Crippen MR) is 67.3 cm³/mol. The number of carbonyl (C=O) groups is 1. The highest BCUT2D eigenvalue weighted by Crippen LogP contribution is 2.45. The lowest BCUT2D eigenvalue weighted by molar-refractivity contribution is -0.120. The fourth-order valence-corrected chi connectivity index (χ4v) is 3.32. The van der Waals surface area contributed by atoms with Crippen LogP contribution < -0.4 is 10.6 Å². The normalized spacial score (nSPS) is 24.1. The van der Waals surface area contributed by atoms with Crippen molar-refractivity contribution in [1.29, 1.82) is 0 Å². The molecule has 0 aromatic rings. The molecule has 16 heavy (non-hydrogen) atoms. The summed E-state index contributed by atoms with van der Waals surface area (Å²) in [6.07, 6.45) is 3.58. The first-order valence-electron chi connectivity index (χ1n) is 6.18. The van der Waals surface area contributed by atoms with Crippen LogP contribution in [0.4, 0.5) is 0 Å². The van der Waals surface area contributed by atoms with Gasteiger partial charge in [-0.05, 0) is 30.1 Å². The van der Waals surface area contributed by atoms with Crippen molar-refractivity contribution in [2.24, 2.45) is 10.8 Å². The van der Waals surface area contributed by atoms with Crippen LogP contribution in [0.15, 0.2) is 0 Å². The monoisotopic (exact) mass is 226 g/mol. The molecule has 0 atom stereocenters. The molecule has 0 aromatic carbocycles. The highest BCUT2D eigenvalue weighted by Gasteiger charge is 2.38. The van der Waals surface area contributed by atoms with E-state index in [1.54, 1.807) is 7.05 Å². The molecule has 0 unspecified atom stereocenters. The summed E-state index contributed by atoms with van der Waals surface area (Å²) in [6, 6.07) is 0.469. The Balaban J connectivity index is 2.51. The van der Waals surface area contributed by atoms with Gasteiger partial charge in [-0.15, -0.1) is 0 Å². The summed E-state index contributed by atoms with van der Waals surface area (Å²) in [7, 11) is 1.68. The van der Waals surface area contributed by atoms with Crippen molar-refractivity contribution in [3.8, 4) is 0 Å². The molecule has 0 aliphatic heterocycles. The summed E-state index contributed by atoms with van der Waals surface area (Å²) in [5.74, 6) is 0.0705. The predicted octanol–water partition coefficient (Wildman–Crippen LogP) is 1.93. The van der Waals surface area contributed by atoms with Crippen molar-refractivity contribution < 1.29 is 4.79 Å². The van der Waals surface area contributed by atoms with Crippen molar-refractivity contribution in [2.45, 2.75) is 53.0 Å². The molecule has 0 saturated heterocycles. The fourth-order valence-electron chi connectivity index (χ4n) is 3.32. The zero-order valence-electron chi connectivity index (χ0n) is 11.3. The van der Waals surface area contributed by atoms with E-state index in [1.165, 1.54) is 6.42 Å². The summed E-state index contributed by atoms with van der Waals surface area (Å²) in [5.41, 5.74) is 0.754. The Morgan fingerprint density at radius 2 is 1.69 bits per heavy atom. The number of amides is 1. The highest BCUT2D eigenvalue weighted by molar-refractivity contribution is 5.77. The molecule has 3 heteroatoms. The first kappa shape index (κ1) is 13.5. The average molecular weight is 226 g/mol. The van der Waals surface area contributed by atoms with E-state index in [4.69, 9.17) is 0 Å². The van der Waals surface area contributed by atoms with Gasteiger partial charge in [0.15, 0.2) is 0 Å². The first-order chi connectivity index (χ1) is 7.24. The zero-order valence-corrected chi connectivity index (χ0v) is 11.3. The first-order valence-corrected chi connectivity index (χ1v) is 6.18. The molecule has 1 rings (SSSR count). The van der Waals surface area contributed by atoms with Gasteiger partial charge >= 0.3 is 0 Å². The molecular weight excluding hydrogens is 200 g/mol. The lowest BCUT2D eigenvalue weighted by Gasteiger charge is -2.45. The van der Waals surface area contributed by atoms with Crippen molar-refractivity contribution in [2.75, 3.05) is 13.6 Å². The van der Waals surface area contributed by atoms with E-state index in [9.17, 15) is 4.79 Å². The second-order valence-electron chi connectivity index (χ2n) is 6.66. The van der Waals surface area contributed by atoms with Crippen LogP contribution >= 0.6 is 0 Å². The van der Waals surface area contributed by atoms with E-state index in [0.717, 1.165) is 12.8 Å². The van der Waals surface area contributed by atoms with E-state index in [1.807, 2.05) is 0 Å². The molecule has 0 spiro atoms. The van der Waals surface area contributed by atoms with Crippen LogP contribution in [0.2, 0.25) is 0 Å². The molecular formula is C13H26N2O. The minimum Gasteiger partial charge on any atom is -0.358 e. The molecule has 94 valence electrons. The van der Waals surface area contributed by atoms with Crippen LogP contribution in [0, 0.1) is 10.8 Å². The molecule has 0 radical (unpaired) electrons. The second-order valence-corrected chi connectivity index (χ2v) is 6.66. The van der Waals surface area contributed by atoms with Crippen LogP contribution in [-0.4, -0.2) is 25.5 Å². The Morgan fingerprint density at radius 3 is 2.12 bits per heavy atom. The van der Waals surface area contributed by atoms with Gasteiger partial charge in [-0.3, -0.25) is 4.79 Å². The molecule has 2 N–H and O–H groups in total. The van der Waals surface area contributed by atoms with Crippen molar-refractivity contribution >= 4 is 5.91 Å². The summed E-state index contributed by atoms with van der Waals surface area (Å²) < 4.78 is 0. The molecule has 0 bridgehead atoms. The Bertz CT molecular complexity index is 243. The van der Waals surface area contributed by atoms with Gasteiger partial charge in [0.2, 0.25) is 5.91 Å². The van der Waals surface area contributed by atoms with Gasteiger partial charge in [-0.25, -0.2) is 0 Å². The zero-order chi connectivity index (χ0) is 12.4. The van der Waals surface area contributed by atoms with E-state index < -0.39 is 0 Å². The van der Waals surface area contributed by atoms with Gasteiger partial charge in [0.1, 0.15) is 0 Å². The fraction of sp³-hybridized carbons (Fsp3) is 0.923. The van der Waals surface area contributed by atoms with Crippen molar-refractivity contribution in [3.63, 3.8) is 0 Å². The van der Waals surface area contributed by atoms with Gasteiger partial charge in [0.05, 0.1) is 6.54 Å². The maximum absolute atomic E-state index is 11.2. The SMILES string of the molecule is CNC(=O)CNC1CC(C)(C)CC(C)(C)C1. The van der Waals surface area contributed by atoms with Crippen molar-refractivity contribution in [3.05, 3.63) is 0 Å². The topological polar surface area (TPSA) is 41.1 Å². The quantitative estimate of drug-likeness (QED) is 0.772. The molecule has 1 saturated carbocycles. The molecule has 1 amide bonds. The van der Waals surface area contributed by atoms with Crippen LogP contribution in [0.3, 0.4) is 0 Å². The third-order valence-corrected chi connectivity index (χ3v) is 3.39. The lowest BCUT2D eigenvalue weighted by Crippen LogP contribution is -2.46. The second kappa shape index (κ2) is 4.74. The summed E-state index contributed by atoms with van der Waals surface area (Å²) in [5, 5.41) is 6.02. The van der Waals surface area contributed by atoms with Crippen molar-refractivity contribution in [1.82, 2.24) is 10.6 Å². The lowest BCUT2D eigenvalue weighted by atomic mass is 9.63. The van der Waals surface area contributed by atoms with E-state index in [-0.39, 0.29) is 5.91 Å². The van der Waals surface area contributed by atoms with Gasteiger partial charge in [0, 0.05) is 13.1 Å². The standard InChI is InChI=1S/C13H26N2O/c1-12(2)6-10(7-13(3,4)9-12)15-8-11(16)14-5/h10,15H,6-9H2,1-5H3,(H,14,16). The Hall–Kier alpha value is -0.570. The summed E-state index contributed by atoms with van der Waals surface area (Å²) >= 11 is 0. The number of carbonyl (C=O) groups excluding carboxylic acids is 1. The Morgan fingerprint density at radius 1 is 1.19 bits per heavy atom. The Labute approximate surface area is 99.4 Å². The van der Waals surface area contributed by atoms with Crippen LogP contribution in [0.25, 0.3) is 0 Å². The minimum atomic E-state index is 0.0705. The summed E-state index contributed by atoms with van der Waals surface area (Å²) in [4.78, 5) is 11.2. The number of rotatable bonds is 3. The average Bonchev–Trinajstić information content (AvgIpc) is 2.09. The molecule has 3 nitrogen and oxygen atoms in total. The molecule has 1 fully saturated rings. The molecule has 1 aliphatic rings. The number of nitrogens with one attached hydrogen (secondary N) is 2. The minimum absolute atomic E-state index is 0.0705. The van der Waals surface area contributed by atoms with E-state index in [2.05, 4.69) is 38.3 Å². The van der Waals surface area contributed by atoms with Crippen LogP contribution in [0.5, 0.6) is 0 Å². The number of hydrogen-bond donors (Lipinski definition) is 2. The van der Waals surface area contributed by atoms with Gasteiger partial charge in [0.25, 0.3) is 0 Å². The Kier molecular flexibility index (Phi) is 4.00. The van der Waals surface area contributed by atoms with Gasteiger partial charge < -0.3 is 10.6 Å². The van der Waals surface area contributed by atoms with Gasteiger partial charge in [-0.1, -0.05) is 27.7 Å². The molecule has 1 aliphatic carbocycles. The highest BCUT2D eigenvalue weighted by atomic mass is 16.1. The maximum atomic E-state index is 11.2. The summed E-state index contributed by atoms with van der Waals surface area (Å²) in [6.45, 7) is 9.73. The van der Waals surface area contributed by atoms with Crippen LogP contribution in [-0.2, 0) is 4.79 Å². The maximum Gasteiger partial charge on any atom is 0.233 e. The molecule has 0 heterocycles. The molecule has 0 aromatic heterocycles. The largest absolute Gasteiger partial charge is 0.358 e. The third-order valence-electron chi connectivity index (χ3n) is 3.39.